The van der Waals surface area contributed by atoms with Crippen LogP contribution in [0.5, 0.6) is 0 Å². The number of rotatable bonds is 24. The first-order valence-corrected chi connectivity index (χ1v) is 14.1. The van der Waals surface area contributed by atoms with Crippen LogP contribution in [0.4, 0.5) is 4.79 Å². The Balaban J connectivity index is 4.34. The number of nitrogens with two attached hydrogens (primary N) is 1. The van der Waals surface area contributed by atoms with Crippen molar-refractivity contribution in [2.45, 2.75) is 58.5 Å². The molecule has 0 aromatic carbocycles. The Morgan fingerprint density at radius 1 is 0.707 bits per heavy atom. The zero-order chi connectivity index (χ0) is 30.9. The maximum absolute atomic E-state index is 12.4. The number of amides is 4. The van der Waals surface area contributed by atoms with Gasteiger partial charge in [0.25, 0.3) is 0 Å². The van der Waals surface area contributed by atoms with Crippen molar-refractivity contribution in [2.24, 2.45) is 5.73 Å². The summed E-state index contributed by atoms with van der Waals surface area (Å²) in [5.41, 5.74) is 7.20. The molecule has 0 heterocycles. The number of hydrazine groups is 1. The minimum absolute atomic E-state index is 0.0784. The average molecular weight is 587 g/mol. The topological polar surface area (TPSA) is 204 Å². The Labute approximate surface area is 243 Å². The van der Waals surface area contributed by atoms with Gasteiger partial charge in [-0.1, -0.05) is 0 Å². The lowest BCUT2D eigenvalue weighted by molar-refractivity contribution is -0.122. The molecule has 0 aliphatic carbocycles. The van der Waals surface area contributed by atoms with Crippen LogP contribution >= 0.6 is 0 Å². The number of nitrogens with zero attached hydrogens (tertiary/aromatic N) is 2. The molecule has 7 N–H and O–H groups in total. The predicted octanol–water partition coefficient (Wildman–Crippen LogP) is -1.72. The molecule has 0 bridgehead atoms. The second-order valence-corrected chi connectivity index (χ2v) is 10.2. The third kappa shape index (κ3) is 24.4. The Kier molecular flexibility index (Phi) is 21.7. The molecule has 0 fully saturated rings. The highest BCUT2D eigenvalue weighted by Gasteiger charge is 2.19. The summed E-state index contributed by atoms with van der Waals surface area (Å²) < 4.78 is 5.21. The predicted molar refractivity (Wildman–Crippen MR) is 154 cm³/mol. The summed E-state index contributed by atoms with van der Waals surface area (Å²) in [6.45, 7) is 9.54. The number of hydrogen-bond acceptors (Lipinski definition) is 11. The minimum atomic E-state index is -0.684. The smallest absolute Gasteiger partial charge is 0.422 e. The van der Waals surface area contributed by atoms with E-state index in [2.05, 4.69) is 26.7 Å². The fraction of sp³-hybridized carbons (Fsp3) is 0.769. The largest absolute Gasteiger partial charge is 0.443 e. The normalized spacial score (nSPS) is 11.2. The van der Waals surface area contributed by atoms with Gasteiger partial charge in [-0.05, 0) is 20.8 Å². The molecule has 0 atom stereocenters. The van der Waals surface area contributed by atoms with Crippen molar-refractivity contribution < 1.29 is 33.5 Å². The fourth-order valence-corrected chi connectivity index (χ4v) is 3.38. The van der Waals surface area contributed by atoms with Crippen LogP contribution in [0, 0.1) is 0 Å². The molecule has 4 amide bonds. The maximum atomic E-state index is 12.4. The van der Waals surface area contributed by atoms with E-state index in [9.17, 15) is 28.8 Å². The van der Waals surface area contributed by atoms with E-state index in [1.165, 1.54) is 5.01 Å². The van der Waals surface area contributed by atoms with Gasteiger partial charge in [-0.25, -0.2) is 9.80 Å². The van der Waals surface area contributed by atoms with E-state index >= 15 is 0 Å². The molecule has 0 aromatic rings. The van der Waals surface area contributed by atoms with Crippen LogP contribution < -0.4 is 32.4 Å². The number of carbonyl (C=O) groups excluding carboxylic acids is 6. The van der Waals surface area contributed by atoms with Crippen molar-refractivity contribution >= 4 is 36.4 Å². The standard InChI is InChI=1S/C26H50N8O7/c1-26(2,3)41-25(40)32-34(16-5-21-36)18-8-24(39)31-14-19-33(15-4-20-35)17-7-23(38)30-13-12-28-10-6-22(37)29-11-9-27/h20-21,28H,4-19,27H2,1-3H3,(H,29,37)(H,30,38)(H,31,39)(H,32,40). The molecule has 15 nitrogen and oxygen atoms in total. The molecule has 0 rings (SSSR count). The van der Waals surface area contributed by atoms with Gasteiger partial charge in [0.05, 0.1) is 0 Å². The first-order chi connectivity index (χ1) is 19.5. The molecule has 0 spiro atoms. The SMILES string of the molecule is CC(C)(C)OC(=O)NN(CCC=O)CCC(=O)NCCN(CCC=O)CCC(=O)NCCNCCC(=O)NCCN. The maximum Gasteiger partial charge on any atom is 0.422 e. The number of ether oxygens (including phenoxy) is 1. The van der Waals surface area contributed by atoms with E-state index in [-0.39, 0.29) is 50.1 Å². The van der Waals surface area contributed by atoms with E-state index < -0.39 is 11.7 Å². The third-order valence-corrected chi connectivity index (χ3v) is 5.36. The number of nitrogens with one attached hydrogen (secondary N) is 5. The summed E-state index contributed by atoms with van der Waals surface area (Å²) in [6.07, 6.45) is 1.99. The zero-order valence-corrected chi connectivity index (χ0v) is 24.8. The van der Waals surface area contributed by atoms with E-state index in [4.69, 9.17) is 10.5 Å². The molecular formula is C26H50N8O7. The molecule has 0 radical (unpaired) electrons. The molecule has 0 aliphatic rings. The molecule has 0 aliphatic heterocycles. The van der Waals surface area contributed by atoms with Crippen molar-refractivity contribution in [3.63, 3.8) is 0 Å². The van der Waals surface area contributed by atoms with Crippen molar-refractivity contribution in [1.29, 1.82) is 0 Å². The van der Waals surface area contributed by atoms with Gasteiger partial charge >= 0.3 is 6.09 Å². The lowest BCUT2D eigenvalue weighted by Crippen LogP contribution is -2.46. The van der Waals surface area contributed by atoms with Gasteiger partial charge in [-0.15, -0.1) is 0 Å². The lowest BCUT2D eigenvalue weighted by atomic mass is 10.2. The highest BCUT2D eigenvalue weighted by molar-refractivity contribution is 5.77. The van der Waals surface area contributed by atoms with Crippen molar-refractivity contribution in [3.8, 4) is 0 Å². The Morgan fingerprint density at radius 2 is 1.29 bits per heavy atom. The Morgan fingerprint density at radius 3 is 1.93 bits per heavy atom. The van der Waals surface area contributed by atoms with Crippen LogP contribution in [0.25, 0.3) is 0 Å². The zero-order valence-electron chi connectivity index (χ0n) is 24.8. The summed E-state index contributed by atoms with van der Waals surface area (Å²) in [5.74, 6) is -0.463. The van der Waals surface area contributed by atoms with Crippen LogP contribution in [0.3, 0.4) is 0 Å². The van der Waals surface area contributed by atoms with Gasteiger partial charge in [-0.3, -0.25) is 19.8 Å². The molecule has 41 heavy (non-hydrogen) atoms. The summed E-state index contributed by atoms with van der Waals surface area (Å²) >= 11 is 0. The summed E-state index contributed by atoms with van der Waals surface area (Å²) in [6, 6.07) is 0. The van der Waals surface area contributed by atoms with E-state index in [1.54, 1.807) is 20.8 Å². The van der Waals surface area contributed by atoms with Gasteiger partial charge in [0.15, 0.2) is 0 Å². The lowest BCUT2D eigenvalue weighted by Gasteiger charge is -2.25. The van der Waals surface area contributed by atoms with Crippen LogP contribution in [-0.4, -0.2) is 124 Å². The van der Waals surface area contributed by atoms with Crippen molar-refractivity contribution in [1.82, 2.24) is 36.6 Å². The monoisotopic (exact) mass is 586 g/mol. The highest BCUT2D eigenvalue weighted by Crippen LogP contribution is 2.06. The number of carbonyl (C=O) groups is 6. The van der Waals surface area contributed by atoms with Gasteiger partial charge in [-0.2, -0.15) is 0 Å². The van der Waals surface area contributed by atoms with Crippen LogP contribution in [0.15, 0.2) is 0 Å². The molecule has 0 aromatic heterocycles. The van der Waals surface area contributed by atoms with E-state index in [1.807, 2.05) is 4.90 Å². The van der Waals surface area contributed by atoms with Gasteiger partial charge in [0.2, 0.25) is 17.7 Å². The Hall–Kier alpha value is -3.14. The van der Waals surface area contributed by atoms with Crippen molar-refractivity contribution in [2.75, 3.05) is 72.0 Å². The van der Waals surface area contributed by atoms with E-state index in [0.717, 1.165) is 12.6 Å². The fourth-order valence-electron chi connectivity index (χ4n) is 3.38. The average Bonchev–Trinajstić information content (AvgIpc) is 2.90. The second kappa shape index (κ2) is 23.6. The number of aldehydes is 2. The van der Waals surface area contributed by atoms with Gasteiger partial charge < -0.3 is 46.2 Å². The van der Waals surface area contributed by atoms with Crippen LogP contribution in [0.2, 0.25) is 0 Å². The summed E-state index contributed by atoms with van der Waals surface area (Å²) in [5, 5.41) is 12.8. The van der Waals surface area contributed by atoms with Crippen molar-refractivity contribution in [3.05, 3.63) is 0 Å². The first kappa shape index (κ1) is 37.9. The van der Waals surface area contributed by atoms with Crippen LogP contribution in [0.1, 0.15) is 52.9 Å². The molecular weight excluding hydrogens is 536 g/mol. The molecule has 15 heteroatoms. The van der Waals surface area contributed by atoms with Gasteiger partial charge in [0.1, 0.15) is 18.2 Å². The van der Waals surface area contributed by atoms with Crippen LogP contribution in [-0.2, 0) is 28.7 Å². The first-order valence-electron chi connectivity index (χ1n) is 14.1. The Bertz CT molecular complexity index is 792. The molecule has 0 unspecified atom stereocenters. The third-order valence-electron chi connectivity index (χ3n) is 5.36. The number of hydrogen-bond donors (Lipinski definition) is 6. The summed E-state index contributed by atoms with van der Waals surface area (Å²) in [7, 11) is 0. The van der Waals surface area contributed by atoms with Gasteiger partial charge in [0, 0.05) is 104 Å². The quantitative estimate of drug-likeness (QED) is 0.0426. The molecule has 236 valence electrons. The highest BCUT2D eigenvalue weighted by atomic mass is 16.6. The van der Waals surface area contributed by atoms with E-state index in [0.29, 0.717) is 71.7 Å². The second-order valence-electron chi connectivity index (χ2n) is 10.2. The minimum Gasteiger partial charge on any atom is -0.443 e. The summed E-state index contributed by atoms with van der Waals surface area (Å²) in [4.78, 5) is 71.6. The molecule has 0 saturated heterocycles. The molecule has 0 saturated carbocycles.